The molecule has 6 heteroatoms. The minimum atomic E-state index is -0.723. The second-order valence-electron chi connectivity index (χ2n) is 5.25. The first-order valence-electron chi connectivity index (χ1n) is 6.47. The van der Waals surface area contributed by atoms with Crippen LogP contribution in [0, 0.1) is 13.8 Å². The summed E-state index contributed by atoms with van der Waals surface area (Å²) < 4.78 is 1.79. The molecule has 1 amide bonds. The first kappa shape index (κ1) is 14.4. The van der Waals surface area contributed by atoms with Crippen molar-refractivity contribution >= 4 is 17.7 Å². The summed E-state index contributed by atoms with van der Waals surface area (Å²) in [5.74, 6) is 1.62. The summed E-state index contributed by atoms with van der Waals surface area (Å²) in [4.78, 5) is 12.0. The minimum absolute atomic E-state index is 0.0514. The van der Waals surface area contributed by atoms with E-state index in [1.807, 2.05) is 20.9 Å². The molecule has 1 aromatic rings. The predicted molar refractivity (Wildman–Crippen MR) is 76.3 cm³/mol. The van der Waals surface area contributed by atoms with Crippen molar-refractivity contribution in [1.29, 1.82) is 0 Å². The van der Waals surface area contributed by atoms with Gasteiger partial charge in [-0.1, -0.05) is 0 Å². The number of thioether (sulfide) groups is 1. The van der Waals surface area contributed by atoms with Crippen LogP contribution in [0.3, 0.4) is 0 Å². The first-order valence-corrected chi connectivity index (χ1v) is 7.63. The standard InChI is InChI=1S/C13H21N3O2S/c1-9-11(10(2)16(3)15-9)6-12(17)14-7-13(18)4-5-19-8-13/h18H,4-8H2,1-3H3,(H,14,17)/t13-/m1/s1. The fourth-order valence-corrected chi connectivity index (χ4v) is 3.59. The molecule has 19 heavy (non-hydrogen) atoms. The molecule has 0 radical (unpaired) electrons. The number of amides is 1. The fraction of sp³-hybridized carbons (Fsp3) is 0.692. The highest BCUT2D eigenvalue weighted by Gasteiger charge is 2.32. The van der Waals surface area contributed by atoms with Crippen molar-refractivity contribution < 1.29 is 9.90 Å². The van der Waals surface area contributed by atoms with Crippen LogP contribution in [-0.2, 0) is 18.3 Å². The van der Waals surface area contributed by atoms with Gasteiger partial charge in [0.25, 0.3) is 0 Å². The molecule has 0 unspecified atom stereocenters. The molecular weight excluding hydrogens is 262 g/mol. The molecule has 1 aliphatic rings. The Morgan fingerprint density at radius 2 is 2.32 bits per heavy atom. The number of aliphatic hydroxyl groups is 1. The lowest BCUT2D eigenvalue weighted by atomic mass is 10.0. The number of rotatable bonds is 4. The molecule has 5 nitrogen and oxygen atoms in total. The minimum Gasteiger partial charge on any atom is -0.387 e. The molecule has 2 rings (SSSR count). The maximum atomic E-state index is 12.0. The summed E-state index contributed by atoms with van der Waals surface area (Å²) in [5.41, 5.74) is 2.17. The summed E-state index contributed by atoms with van der Waals surface area (Å²) in [6, 6.07) is 0. The van der Waals surface area contributed by atoms with Crippen molar-refractivity contribution in [3.8, 4) is 0 Å². The van der Waals surface area contributed by atoms with Gasteiger partial charge in [0.1, 0.15) is 0 Å². The third-order valence-corrected chi connectivity index (χ3v) is 4.93. The van der Waals surface area contributed by atoms with E-state index in [9.17, 15) is 9.90 Å². The predicted octanol–water partition coefficient (Wildman–Crippen LogP) is 0.564. The van der Waals surface area contributed by atoms with Gasteiger partial charge in [0.05, 0.1) is 17.7 Å². The number of hydrogen-bond donors (Lipinski definition) is 2. The highest BCUT2D eigenvalue weighted by Crippen LogP contribution is 2.27. The lowest BCUT2D eigenvalue weighted by Gasteiger charge is -2.21. The Labute approximate surface area is 117 Å². The smallest absolute Gasteiger partial charge is 0.224 e. The summed E-state index contributed by atoms with van der Waals surface area (Å²) in [5, 5.41) is 17.3. The lowest BCUT2D eigenvalue weighted by molar-refractivity contribution is -0.121. The zero-order valence-electron chi connectivity index (χ0n) is 11.7. The number of aryl methyl sites for hydroxylation is 2. The lowest BCUT2D eigenvalue weighted by Crippen LogP contribution is -2.43. The summed E-state index contributed by atoms with van der Waals surface area (Å²) in [6.45, 7) is 4.22. The second-order valence-corrected chi connectivity index (χ2v) is 6.36. The number of carbonyl (C=O) groups excluding carboxylic acids is 1. The summed E-state index contributed by atoms with van der Waals surface area (Å²) in [7, 11) is 1.88. The monoisotopic (exact) mass is 283 g/mol. The summed E-state index contributed by atoms with van der Waals surface area (Å²) >= 11 is 1.73. The quantitative estimate of drug-likeness (QED) is 0.847. The van der Waals surface area contributed by atoms with E-state index in [0.717, 1.165) is 29.1 Å². The summed E-state index contributed by atoms with van der Waals surface area (Å²) in [6.07, 6.45) is 1.08. The van der Waals surface area contributed by atoms with Gasteiger partial charge >= 0.3 is 0 Å². The normalized spacial score (nSPS) is 22.7. The van der Waals surface area contributed by atoms with Crippen LogP contribution >= 0.6 is 11.8 Å². The van der Waals surface area contributed by atoms with Gasteiger partial charge in [-0.25, -0.2) is 0 Å². The van der Waals surface area contributed by atoms with E-state index in [-0.39, 0.29) is 5.91 Å². The van der Waals surface area contributed by atoms with Crippen LogP contribution in [0.4, 0.5) is 0 Å². The van der Waals surface area contributed by atoms with Gasteiger partial charge in [-0.3, -0.25) is 9.48 Å². The second kappa shape index (κ2) is 5.54. The topological polar surface area (TPSA) is 67.2 Å². The number of aromatic nitrogens is 2. The van der Waals surface area contributed by atoms with E-state index in [0.29, 0.717) is 18.7 Å². The Morgan fingerprint density at radius 3 is 2.84 bits per heavy atom. The number of hydrogen-bond acceptors (Lipinski definition) is 4. The van der Waals surface area contributed by atoms with Gasteiger partial charge in [0, 0.05) is 30.6 Å². The molecule has 0 saturated carbocycles. The van der Waals surface area contributed by atoms with Crippen LogP contribution < -0.4 is 5.32 Å². The average Bonchev–Trinajstić information content (AvgIpc) is 2.88. The fourth-order valence-electron chi connectivity index (χ4n) is 2.30. The Kier molecular flexibility index (Phi) is 4.20. The molecule has 106 valence electrons. The van der Waals surface area contributed by atoms with Crippen LogP contribution in [0.2, 0.25) is 0 Å². The van der Waals surface area contributed by atoms with Crippen molar-refractivity contribution in [3.63, 3.8) is 0 Å². The molecule has 1 aliphatic heterocycles. The first-order chi connectivity index (χ1) is 8.91. The van der Waals surface area contributed by atoms with Crippen LogP contribution in [-0.4, -0.2) is 44.4 Å². The van der Waals surface area contributed by atoms with Crippen molar-refractivity contribution in [2.45, 2.75) is 32.3 Å². The van der Waals surface area contributed by atoms with Gasteiger partial charge in [-0.05, 0) is 26.0 Å². The SMILES string of the molecule is Cc1nn(C)c(C)c1CC(=O)NC[C@]1(O)CCSC1. The van der Waals surface area contributed by atoms with Crippen LogP contribution in [0.25, 0.3) is 0 Å². The maximum Gasteiger partial charge on any atom is 0.224 e. The number of carbonyl (C=O) groups is 1. The van der Waals surface area contributed by atoms with Crippen LogP contribution in [0.15, 0.2) is 0 Å². The Balaban J connectivity index is 1.91. The highest BCUT2D eigenvalue weighted by molar-refractivity contribution is 7.99. The van der Waals surface area contributed by atoms with Crippen LogP contribution in [0.1, 0.15) is 23.4 Å². The Bertz CT molecular complexity index is 478. The molecule has 1 atom stereocenters. The Hall–Kier alpha value is -1.01. The van der Waals surface area contributed by atoms with E-state index in [1.54, 1.807) is 16.4 Å². The van der Waals surface area contributed by atoms with E-state index in [2.05, 4.69) is 10.4 Å². The van der Waals surface area contributed by atoms with Gasteiger partial charge in [-0.15, -0.1) is 0 Å². The van der Waals surface area contributed by atoms with Crippen molar-refractivity contribution in [3.05, 3.63) is 17.0 Å². The van der Waals surface area contributed by atoms with E-state index < -0.39 is 5.60 Å². The number of nitrogens with one attached hydrogen (secondary N) is 1. The molecule has 1 saturated heterocycles. The molecule has 0 spiro atoms. The van der Waals surface area contributed by atoms with E-state index in [1.165, 1.54) is 0 Å². The number of nitrogens with zero attached hydrogens (tertiary/aromatic N) is 2. The van der Waals surface area contributed by atoms with E-state index >= 15 is 0 Å². The molecule has 0 aliphatic carbocycles. The Morgan fingerprint density at radius 1 is 1.58 bits per heavy atom. The molecule has 0 bridgehead atoms. The van der Waals surface area contributed by atoms with Crippen LogP contribution in [0.5, 0.6) is 0 Å². The maximum absolute atomic E-state index is 12.0. The molecule has 1 aromatic heterocycles. The van der Waals surface area contributed by atoms with E-state index in [4.69, 9.17) is 0 Å². The van der Waals surface area contributed by atoms with Gasteiger partial charge in [-0.2, -0.15) is 16.9 Å². The van der Waals surface area contributed by atoms with Gasteiger partial charge < -0.3 is 10.4 Å². The van der Waals surface area contributed by atoms with Crippen molar-refractivity contribution in [1.82, 2.24) is 15.1 Å². The molecule has 2 N–H and O–H groups in total. The van der Waals surface area contributed by atoms with Crippen molar-refractivity contribution in [2.75, 3.05) is 18.1 Å². The molecule has 1 fully saturated rings. The third-order valence-electron chi connectivity index (χ3n) is 3.69. The van der Waals surface area contributed by atoms with Gasteiger partial charge in [0.2, 0.25) is 5.91 Å². The largest absolute Gasteiger partial charge is 0.387 e. The van der Waals surface area contributed by atoms with Gasteiger partial charge in [0.15, 0.2) is 0 Å². The zero-order valence-corrected chi connectivity index (χ0v) is 12.5. The third kappa shape index (κ3) is 3.30. The molecule has 0 aromatic carbocycles. The molecular formula is C13H21N3O2S. The molecule has 2 heterocycles. The highest BCUT2D eigenvalue weighted by atomic mass is 32.2. The van der Waals surface area contributed by atoms with Crippen molar-refractivity contribution in [2.24, 2.45) is 7.05 Å². The average molecular weight is 283 g/mol. The zero-order chi connectivity index (χ0) is 14.0.